The van der Waals surface area contributed by atoms with E-state index >= 15 is 0 Å². The van der Waals surface area contributed by atoms with Crippen molar-refractivity contribution in [3.63, 3.8) is 0 Å². The highest BCUT2D eigenvalue weighted by Crippen LogP contribution is 2.40. The Kier molecular flexibility index (Phi) is 5.36. The molecule has 0 atom stereocenters. The van der Waals surface area contributed by atoms with Crippen molar-refractivity contribution < 1.29 is 28.2 Å². The van der Waals surface area contributed by atoms with Crippen molar-refractivity contribution in [3.05, 3.63) is 83.7 Å². The second kappa shape index (κ2) is 8.27. The van der Waals surface area contributed by atoms with Gasteiger partial charge in [-0.25, -0.2) is 14.1 Å². The Labute approximate surface area is 177 Å². The van der Waals surface area contributed by atoms with E-state index in [9.17, 15) is 18.8 Å². The van der Waals surface area contributed by atoms with E-state index in [0.717, 1.165) is 4.90 Å². The van der Waals surface area contributed by atoms with Gasteiger partial charge in [0.2, 0.25) is 5.91 Å². The first-order valence-corrected chi connectivity index (χ1v) is 9.34. The minimum atomic E-state index is -0.861. The lowest BCUT2D eigenvalue weighted by Gasteiger charge is -2.19. The summed E-state index contributed by atoms with van der Waals surface area (Å²) in [6.45, 7) is 0. The predicted molar refractivity (Wildman–Crippen MR) is 111 cm³/mol. The van der Waals surface area contributed by atoms with Gasteiger partial charge in [-0.05, 0) is 42.0 Å². The van der Waals surface area contributed by atoms with Crippen molar-refractivity contribution in [1.29, 1.82) is 0 Å². The molecular formula is C23H17FN2O5. The number of amides is 3. The molecule has 0 saturated heterocycles. The van der Waals surface area contributed by atoms with Crippen molar-refractivity contribution in [2.45, 2.75) is 6.42 Å². The maximum Gasteiger partial charge on any atom is 0.421 e. The number of carbonyl (C=O) groups excluding carboxylic acids is 3. The van der Waals surface area contributed by atoms with E-state index in [4.69, 9.17) is 9.47 Å². The summed E-state index contributed by atoms with van der Waals surface area (Å²) in [5, 5.41) is 2.74. The number of methoxy groups -OCH3 is 1. The van der Waals surface area contributed by atoms with Crippen LogP contribution < -0.4 is 15.0 Å². The van der Waals surface area contributed by atoms with Crippen molar-refractivity contribution >= 4 is 29.3 Å². The average Bonchev–Trinajstić information content (AvgIpc) is 2.88. The maximum atomic E-state index is 13.0. The molecule has 1 N–H and O–H groups in total. The van der Waals surface area contributed by atoms with Crippen LogP contribution in [-0.2, 0) is 16.0 Å². The van der Waals surface area contributed by atoms with Crippen LogP contribution in [-0.4, -0.2) is 25.0 Å². The van der Waals surface area contributed by atoms with Crippen molar-refractivity contribution in [2.75, 3.05) is 17.3 Å². The topological polar surface area (TPSA) is 84.9 Å². The number of halogens is 1. The van der Waals surface area contributed by atoms with Gasteiger partial charge in [0.1, 0.15) is 11.6 Å². The Morgan fingerprint density at radius 2 is 1.77 bits per heavy atom. The van der Waals surface area contributed by atoms with Gasteiger partial charge in [-0.15, -0.1) is 0 Å². The predicted octanol–water partition coefficient (Wildman–Crippen LogP) is 4.53. The van der Waals surface area contributed by atoms with E-state index in [-0.39, 0.29) is 40.9 Å². The number of nitrogens with zero attached hydrogens (tertiary/aromatic N) is 1. The second-order valence-electron chi connectivity index (χ2n) is 6.74. The smallest absolute Gasteiger partial charge is 0.421 e. The molecule has 4 rings (SSSR count). The Morgan fingerprint density at radius 1 is 1.03 bits per heavy atom. The van der Waals surface area contributed by atoms with Gasteiger partial charge in [-0.3, -0.25) is 9.59 Å². The van der Waals surface area contributed by atoms with Gasteiger partial charge in [0, 0.05) is 11.8 Å². The minimum Gasteiger partial charge on any atom is -0.454 e. The highest BCUT2D eigenvalue weighted by Gasteiger charge is 2.33. The number of nitrogens with one attached hydrogen (secondary N) is 1. The number of hydrogen-bond donors (Lipinski definition) is 1. The molecule has 0 unspecified atom stereocenters. The third-order valence-corrected chi connectivity index (χ3v) is 4.66. The SMILES string of the molecule is COC(=O)N1C(=O)c2ccccc2Oc2cc(NC(=O)Cc3ccc(F)cc3)ccc21. The molecule has 0 fully saturated rings. The number of imide groups is 1. The second-order valence-corrected chi connectivity index (χ2v) is 6.74. The Hall–Kier alpha value is -4.20. The molecule has 3 amide bonds. The molecule has 3 aromatic carbocycles. The molecule has 1 aliphatic heterocycles. The number of benzene rings is 3. The summed E-state index contributed by atoms with van der Waals surface area (Å²) in [5.41, 5.74) is 1.44. The number of anilines is 2. The fourth-order valence-electron chi connectivity index (χ4n) is 3.20. The molecule has 0 aromatic heterocycles. The molecule has 8 heteroatoms. The van der Waals surface area contributed by atoms with Crippen molar-refractivity contribution in [2.24, 2.45) is 0 Å². The molecule has 0 radical (unpaired) electrons. The first-order chi connectivity index (χ1) is 15.0. The molecule has 0 bridgehead atoms. The van der Waals surface area contributed by atoms with Gasteiger partial charge < -0.3 is 14.8 Å². The van der Waals surface area contributed by atoms with Gasteiger partial charge in [0.25, 0.3) is 5.91 Å². The molecule has 156 valence electrons. The van der Waals surface area contributed by atoms with Gasteiger partial charge >= 0.3 is 6.09 Å². The highest BCUT2D eigenvalue weighted by molar-refractivity contribution is 6.21. The van der Waals surface area contributed by atoms with Crippen LogP contribution in [0.15, 0.2) is 66.7 Å². The van der Waals surface area contributed by atoms with Crippen LogP contribution in [0.25, 0.3) is 0 Å². The summed E-state index contributed by atoms with van der Waals surface area (Å²) in [7, 11) is 1.18. The fourth-order valence-corrected chi connectivity index (χ4v) is 3.20. The summed E-state index contributed by atoms with van der Waals surface area (Å²) in [5.74, 6) is -0.814. The van der Waals surface area contributed by atoms with Gasteiger partial charge in [0.05, 0.1) is 24.8 Å². The molecule has 31 heavy (non-hydrogen) atoms. The van der Waals surface area contributed by atoms with E-state index in [1.54, 1.807) is 30.3 Å². The highest BCUT2D eigenvalue weighted by atomic mass is 19.1. The van der Waals surface area contributed by atoms with Crippen LogP contribution in [0.5, 0.6) is 11.5 Å². The standard InChI is InChI=1S/C23H17FN2O5/c1-30-23(29)26-18-11-10-16(25-21(27)12-14-6-8-15(24)9-7-14)13-20(18)31-19-5-3-2-4-17(19)22(26)28/h2-11,13H,12H2,1H3,(H,25,27). The number of ether oxygens (including phenoxy) is 2. The van der Waals surface area contributed by atoms with Crippen LogP contribution >= 0.6 is 0 Å². The molecular weight excluding hydrogens is 403 g/mol. The number of para-hydroxylation sites is 1. The monoisotopic (exact) mass is 420 g/mol. The summed E-state index contributed by atoms with van der Waals surface area (Å²) >= 11 is 0. The van der Waals surface area contributed by atoms with Gasteiger partial charge in [-0.2, -0.15) is 0 Å². The van der Waals surface area contributed by atoms with Crippen LogP contribution in [0, 0.1) is 5.82 Å². The average molecular weight is 420 g/mol. The zero-order valence-electron chi connectivity index (χ0n) is 16.4. The summed E-state index contributed by atoms with van der Waals surface area (Å²) in [4.78, 5) is 38.5. The molecule has 7 nitrogen and oxygen atoms in total. The third-order valence-electron chi connectivity index (χ3n) is 4.66. The third kappa shape index (κ3) is 4.09. The lowest BCUT2D eigenvalue weighted by molar-refractivity contribution is -0.115. The molecule has 1 aliphatic rings. The summed E-state index contributed by atoms with van der Waals surface area (Å²) in [6.07, 6.45) is -0.812. The van der Waals surface area contributed by atoms with E-state index in [0.29, 0.717) is 11.3 Å². The normalized spacial score (nSPS) is 12.2. The van der Waals surface area contributed by atoms with E-state index in [1.165, 1.54) is 43.5 Å². The van der Waals surface area contributed by atoms with Crippen LogP contribution in [0.4, 0.5) is 20.6 Å². The number of carbonyl (C=O) groups is 3. The van der Waals surface area contributed by atoms with E-state index < -0.39 is 12.0 Å². The summed E-state index contributed by atoms with van der Waals surface area (Å²) in [6, 6.07) is 16.7. The summed E-state index contributed by atoms with van der Waals surface area (Å²) < 4.78 is 23.7. The van der Waals surface area contributed by atoms with Crippen molar-refractivity contribution in [1.82, 2.24) is 0 Å². The molecule has 1 heterocycles. The van der Waals surface area contributed by atoms with Crippen LogP contribution in [0.1, 0.15) is 15.9 Å². The zero-order chi connectivity index (χ0) is 22.0. The lowest BCUT2D eigenvalue weighted by Crippen LogP contribution is -2.36. The van der Waals surface area contributed by atoms with Crippen LogP contribution in [0.2, 0.25) is 0 Å². The molecule has 0 saturated carbocycles. The lowest BCUT2D eigenvalue weighted by atomic mass is 10.1. The first kappa shape index (κ1) is 20.1. The quantitative estimate of drug-likeness (QED) is 0.673. The minimum absolute atomic E-state index is 0.0494. The van der Waals surface area contributed by atoms with E-state index in [1.807, 2.05) is 0 Å². The maximum absolute atomic E-state index is 13.0. The van der Waals surface area contributed by atoms with E-state index in [2.05, 4.69) is 5.32 Å². The van der Waals surface area contributed by atoms with Crippen molar-refractivity contribution in [3.8, 4) is 11.5 Å². The molecule has 0 aliphatic carbocycles. The van der Waals surface area contributed by atoms with Gasteiger partial charge in [-0.1, -0.05) is 24.3 Å². The number of hydrogen-bond acceptors (Lipinski definition) is 5. The molecule has 3 aromatic rings. The Balaban J connectivity index is 1.64. The van der Waals surface area contributed by atoms with Gasteiger partial charge in [0.15, 0.2) is 5.75 Å². The first-order valence-electron chi connectivity index (χ1n) is 9.34. The zero-order valence-corrected chi connectivity index (χ0v) is 16.4. The molecule has 0 spiro atoms. The Bertz CT molecular complexity index is 1180. The number of rotatable bonds is 3. The Morgan fingerprint density at radius 3 is 2.52 bits per heavy atom. The number of fused-ring (bicyclic) bond motifs is 2. The largest absolute Gasteiger partial charge is 0.454 e. The van der Waals surface area contributed by atoms with Crippen LogP contribution in [0.3, 0.4) is 0 Å². The fraction of sp³-hybridized carbons (Fsp3) is 0.0870.